The highest BCUT2D eigenvalue weighted by Gasteiger charge is 2.13. The van der Waals surface area contributed by atoms with Crippen molar-refractivity contribution in [2.24, 2.45) is 0 Å². The average molecular weight is 455 g/mol. The first-order valence-electron chi connectivity index (χ1n) is 12.5. The minimum absolute atomic E-state index is 1.24. The summed E-state index contributed by atoms with van der Waals surface area (Å²) in [7, 11) is 0. The van der Waals surface area contributed by atoms with Gasteiger partial charge in [-0.15, -0.1) is 0 Å². The first-order valence-corrected chi connectivity index (χ1v) is 12.5. The predicted molar refractivity (Wildman–Crippen MR) is 157 cm³/mol. The van der Waals surface area contributed by atoms with Gasteiger partial charge in [0.15, 0.2) is 0 Å². The van der Waals surface area contributed by atoms with Crippen molar-refractivity contribution in [2.45, 2.75) is 34.6 Å². The molecule has 0 atom stereocenters. The lowest BCUT2D eigenvalue weighted by Crippen LogP contribution is -1.92. The molecule has 0 unspecified atom stereocenters. The van der Waals surface area contributed by atoms with Gasteiger partial charge in [0.1, 0.15) is 0 Å². The second-order valence-electron chi connectivity index (χ2n) is 8.79. The first kappa shape index (κ1) is 24.2. The lowest BCUT2D eigenvalue weighted by atomic mass is 9.87. The van der Waals surface area contributed by atoms with Gasteiger partial charge in [0.25, 0.3) is 0 Å². The molecular formula is C35H34. The third kappa shape index (κ3) is 4.57. The van der Waals surface area contributed by atoms with Crippen molar-refractivity contribution in [2.75, 3.05) is 0 Å². The number of allylic oxidation sites excluding steroid dienone is 2. The van der Waals surface area contributed by atoms with Gasteiger partial charge < -0.3 is 0 Å². The number of fused-ring (bicyclic) bond motifs is 2. The van der Waals surface area contributed by atoms with Gasteiger partial charge in [-0.3, -0.25) is 0 Å². The van der Waals surface area contributed by atoms with Crippen LogP contribution in [0.25, 0.3) is 49.9 Å². The molecular weight excluding hydrogens is 420 g/mol. The highest BCUT2D eigenvalue weighted by Crippen LogP contribution is 2.38. The zero-order chi connectivity index (χ0) is 24.9. The Bertz CT molecular complexity index is 1550. The fourth-order valence-electron chi connectivity index (χ4n) is 4.98. The normalized spacial score (nSPS) is 11.0. The smallest absolute Gasteiger partial charge is 0.00735 e. The third-order valence-electron chi connectivity index (χ3n) is 6.71. The molecule has 5 rings (SSSR count). The molecule has 0 radical (unpaired) electrons. The zero-order valence-corrected chi connectivity index (χ0v) is 21.5. The number of hydrogen-bond donors (Lipinski definition) is 0. The number of hydrogen-bond acceptors (Lipinski definition) is 0. The maximum Gasteiger partial charge on any atom is -0.00735 e. The quantitative estimate of drug-likeness (QED) is 0.237. The Morgan fingerprint density at radius 3 is 2.11 bits per heavy atom. The standard InChI is InChI=1S/C33H28.C2H6/c1-5-6-13-30-24(4)29-15-10-8-12-25(29)21-32(30)27-18-19-31-26(20-27)17-16-23(3)33(31)28-14-9-7-11-22(28)2;1-2/h5-21H,1H2,2-4H3;1-2H3/b13-6-;. The van der Waals surface area contributed by atoms with Gasteiger partial charge in [0.2, 0.25) is 0 Å². The summed E-state index contributed by atoms with van der Waals surface area (Å²) in [5.41, 5.74) is 10.3. The van der Waals surface area contributed by atoms with Crippen LogP contribution >= 0.6 is 0 Å². The topological polar surface area (TPSA) is 0 Å². The second kappa shape index (κ2) is 10.6. The van der Waals surface area contributed by atoms with Gasteiger partial charge in [-0.2, -0.15) is 0 Å². The SMILES string of the molecule is C=C/C=C\c1c(-c2ccc3c(-c4ccccc4C)c(C)ccc3c2)cc2ccccc2c1C.CC. The van der Waals surface area contributed by atoms with Crippen molar-refractivity contribution in [3.63, 3.8) is 0 Å². The molecule has 5 aromatic rings. The Kier molecular flexibility index (Phi) is 7.32. The molecule has 174 valence electrons. The molecule has 0 amide bonds. The molecule has 0 saturated heterocycles. The average Bonchev–Trinajstić information content (AvgIpc) is 2.89. The molecule has 0 bridgehead atoms. The fraction of sp³-hybridized carbons (Fsp3) is 0.143. The van der Waals surface area contributed by atoms with E-state index in [2.05, 4.69) is 118 Å². The van der Waals surface area contributed by atoms with Crippen LogP contribution in [0.3, 0.4) is 0 Å². The molecule has 0 N–H and O–H groups in total. The zero-order valence-electron chi connectivity index (χ0n) is 21.5. The molecule has 0 heterocycles. The second-order valence-corrected chi connectivity index (χ2v) is 8.79. The van der Waals surface area contributed by atoms with E-state index in [1.54, 1.807) is 0 Å². The van der Waals surface area contributed by atoms with Gasteiger partial charge in [-0.25, -0.2) is 0 Å². The van der Waals surface area contributed by atoms with Crippen molar-refractivity contribution in [3.8, 4) is 22.3 Å². The first-order chi connectivity index (χ1) is 17.1. The number of rotatable bonds is 4. The van der Waals surface area contributed by atoms with Crippen molar-refractivity contribution in [1.29, 1.82) is 0 Å². The molecule has 0 aliphatic carbocycles. The van der Waals surface area contributed by atoms with E-state index in [9.17, 15) is 0 Å². The Balaban J connectivity index is 0.00000141. The molecule has 0 aliphatic heterocycles. The summed E-state index contributed by atoms with van der Waals surface area (Å²) in [5, 5.41) is 5.13. The summed E-state index contributed by atoms with van der Waals surface area (Å²) in [6.45, 7) is 14.5. The Morgan fingerprint density at radius 1 is 0.629 bits per heavy atom. The van der Waals surface area contributed by atoms with E-state index in [4.69, 9.17) is 0 Å². The lowest BCUT2D eigenvalue weighted by Gasteiger charge is -2.16. The summed E-state index contributed by atoms with van der Waals surface area (Å²) in [6.07, 6.45) is 6.06. The minimum atomic E-state index is 1.24. The van der Waals surface area contributed by atoms with Crippen LogP contribution in [0, 0.1) is 20.8 Å². The van der Waals surface area contributed by atoms with Gasteiger partial charge in [-0.1, -0.05) is 111 Å². The fourth-order valence-corrected chi connectivity index (χ4v) is 4.98. The van der Waals surface area contributed by atoms with Crippen LogP contribution in [0.4, 0.5) is 0 Å². The largest absolute Gasteiger partial charge is 0.0991 e. The molecule has 0 heteroatoms. The summed E-state index contributed by atoms with van der Waals surface area (Å²) in [4.78, 5) is 0. The van der Waals surface area contributed by atoms with E-state index in [1.165, 1.54) is 66.1 Å². The van der Waals surface area contributed by atoms with E-state index >= 15 is 0 Å². The maximum atomic E-state index is 3.88. The van der Waals surface area contributed by atoms with Crippen molar-refractivity contribution >= 4 is 27.6 Å². The van der Waals surface area contributed by atoms with E-state index < -0.39 is 0 Å². The van der Waals surface area contributed by atoms with Crippen LogP contribution in [-0.2, 0) is 0 Å². The van der Waals surface area contributed by atoms with E-state index in [0.717, 1.165) is 0 Å². The third-order valence-corrected chi connectivity index (χ3v) is 6.71. The van der Waals surface area contributed by atoms with E-state index in [1.807, 2.05) is 26.0 Å². The molecule has 0 fully saturated rings. The van der Waals surface area contributed by atoms with Crippen LogP contribution in [0.1, 0.15) is 36.1 Å². The van der Waals surface area contributed by atoms with Gasteiger partial charge >= 0.3 is 0 Å². The molecule has 0 saturated carbocycles. The highest BCUT2D eigenvalue weighted by molar-refractivity contribution is 6.02. The van der Waals surface area contributed by atoms with Gasteiger partial charge in [0, 0.05) is 0 Å². The van der Waals surface area contributed by atoms with Crippen LogP contribution < -0.4 is 0 Å². The summed E-state index contributed by atoms with van der Waals surface area (Å²) in [5.74, 6) is 0. The molecule has 0 aliphatic rings. The van der Waals surface area contributed by atoms with Gasteiger partial charge in [0.05, 0.1) is 0 Å². The van der Waals surface area contributed by atoms with E-state index in [0.29, 0.717) is 0 Å². The Morgan fingerprint density at radius 2 is 1.34 bits per heavy atom. The molecule has 0 nitrogen and oxygen atoms in total. The molecule has 0 spiro atoms. The molecule has 35 heavy (non-hydrogen) atoms. The number of benzene rings is 5. The van der Waals surface area contributed by atoms with E-state index in [-0.39, 0.29) is 0 Å². The van der Waals surface area contributed by atoms with Crippen LogP contribution in [0.5, 0.6) is 0 Å². The highest BCUT2D eigenvalue weighted by atomic mass is 14.2. The summed E-state index contributed by atoms with van der Waals surface area (Å²) < 4.78 is 0. The minimum Gasteiger partial charge on any atom is -0.0991 e. The van der Waals surface area contributed by atoms with Crippen LogP contribution in [0.15, 0.2) is 104 Å². The van der Waals surface area contributed by atoms with Crippen molar-refractivity contribution < 1.29 is 0 Å². The monoisotopic (exact) mass is 454 g/mol. The predicted octanol–water partition coefficient (Wildman–Crippen LogP) is 10.5. The van der Waals surface area contributed by atoms with Crippen molar-refractivity contribution in [3.05, 3.63) is 126 Å². The Labute approximate surface area is 210 Å². The summed E-state index contributed by atoms with van der Waals surface area (Å²) >= 11 is 0. The molecule has 5 aromatic carbocycles. The van der Waals surface area contributed by atoms with Crippen molar-refractivity contribution in [1.82, 2.24) is 0 Å². The summed E-state index contributed by atoms with van der Waals surface area (Å²) in [6, 6.07) is 31.0. The lowest BCUT2D eigenvalue weighted by molar-refractivity contribution is 1.43. The van der Waals surface area contributed by atoms with Crippen LogP contribution in [0.2, 0.25) is 0 Å². The maximum absolute atomic E-state index is 3.88. The molecule has 0 aromatic heterocycles. The number of aryl methyl sites for hydroxylation is 3. The van der Waals surface area contributed by atoms with Gasteiger partial charge in [-0.05, 0) is 99.0 Å². The van der Waals surface area contributed by atoms with Crippen LogP contribution in [-0.4, -0.2) is 0 Å². The Hall–Kier alpha value is -3.90.